The molecule has 6 nitrogen and oxygen atoms in total. The first-order valence-corrected chi connectivity index (χ1v) is 11.2. The molecule has 0 unspecified atom stereocenters. The Balaban J connectivity index is 1.34. The standard InChI is InChI=1S/C17H21N3O3S2/c21-16(11-13-5-10-25(22,23)12-13)19-6-8-20(9-7-19)17-18-14-3-1-2-4-15(14)24-17/h1-4,13H,5-12H2/t13-/m0/s1. The third kappa shape index (κ3) is 3.64. The van der Waals surface area contributed by atoms with E-state index in [9.17, 15) is 13.2 Å². The first-order valence-electron chi connectivity index (χ1n) is 8.59. The number of carbonyl (C=O) groups is 1. The topological polar surface area (TPSA) is 70.6 Å². The van der Waals surface area contributed by atoms with Crippen molar-refractivity contribution in [3.8, 4) is 0 Å². The lowest BCUT2D eigenvalue weighted by Gasteiger charge is -2.35. The molecule has 2 fully saturated rings. The van der Waals surface area contributed by atoms with Crippen LogP contribution in [0.2, 0.25) is 0 Å². The molecule has 25 heavy (non-hydrogen) atoms. The summed E-state index contributed by atoms with van der Waals surface area (Å²) in [6, 6.07) is 8.10. The first-order chi connectivity index (χ1) is 12.0. The normalized spacial score (nSPS) is 23.3. The Kier molecular flexibility index (Phi) is 4.41. The number of anilines is 1. The van der Waals surface area contributed by atoms with E-state index in [1.807, 2.05) is 23.1 Å². The molecule has 0 saturated carbocycles. The Bertz CT molecular complexity index is 852. The quantitative estimate of drug-likeness (QED) is 0.813. The first kappa shape index (κ1) is 16.8. The van der Waals surface area contributed by atoms with Crippen LogP contribution in [0, 0.1) is 5.92 Å². The number of thiazole rings is 1. The minimum atomic E-state index is -2.92. The average Bonchev–Trinajstić information content (AvgIpc) is 3.18. The molecule has 0 spiro atoms. The number of para-hydroxylation sites is 1. The number of nitrogens with zero attached hydrogens (tertiary/aromatic N) is 3. The van der Waals surface area contributed by atoms with Crippen LogP contribution in [-0.2, 0) is 14.6 Å². The molecular weight excluding hydrogens is 358 g/mol. The number of aromatic nitrogens is 1. The third-order valence-electron chi connectivity index (χ3n) is 4.98. The van der Waals surface area contributed by atoms with Gasteiger partial charge in [-0.25, -0.2) is 13.4 Å². The van der Waals surface area contributed by atoms with E-state index in [1.165, 1.54) is 4.70 Å². The molecule has 2 aliphatic heterocycles. The molecular formula is C17H21N3O3S2. The van der Waals surface area contributed by atoms with Crippen LogP contribution in [0.5, 0.6) is 0 Å². The lowest BCUT2D eigenvalue weighted by atomic mass is 10.0. The van der Waals surface area contributed by atoms with Crippen molar-refractivity contribution in [2.75, 3.05) is 42.6 Å². The molecule has 134 valence electrons. The van der Waals surface area contributed by atoms with Gasteiger partial charge in [-0.2, -0.15) is 0 Å². The van der Waals surface area contributed by atoms with Gasteiger partial charge in [0, 0.05) is 32.6 Å². The van der Waals surface area contributed by atoms with Gasteiger partial charge in [-0.3, -0.25) is 4.79 Å². The van der Waals surface area contributed by atoms with E-state index in [4.69, 9.17) is 0 Å². The van der Waals surface area contributed by atoms with E-state index >= 15 is 0 Å². The van der Waals surface area contributed by atoms with Crippen molar-refractivity contribution in [1.82, 2.24) is 9.88 Å². The van der Waals surface area contributed by atoms with Gasteiger partial charge in [0.05, 0.1) is 21.7 Å². The second-order valence-electron chi connectivity index (χ2n) is 6.81. The molecule has 1 aromatic heterocycles. The fourth-order valence-electron chi connectivity index (χ4n) is 3.55. The molecule has 0 bridgehead atoms. The molecule has 4 rings (SSSR count). The number of sulfone groups is 1. The van der Waals surface area contributed by atoms with Crippen LogP contribution in [-0.4, -0.2) is 61.9 Å². The monoisotopic (exact) mass is 379 g/mol. The SMILES string of the molecule is O=C(C[C@@H]1CCS(=O)(=O)C1)N1CCN(c2nc3ccccc3s2)CC1. The van der Waals surface area contributed by atoms with Gasteiger partial charge in [0.2, 0.25) is 5.91 Å². The molecule has 0 radical (unpaired) electrons. The molecule has 2 aliphatic rings. The summed E-state index contributed by atoms with van der Waals surface area (Å²) in [5.41, 5.74) is 1.02. The number of piperazine rings is 1. The van der Waals surface area contributed by atoms with Gasteiger partial charge in [0.25, 0.3) is 0 Å². The van der Waals surface area contributed by atoms with Crippen LogP contribution in [0.4, 0.5) is 5.13 Å². The number of hydrogen-bond acceptors (Lipinski definition) is 6. The highest BCUT2D eigenvalue weighted by Crippen LogP contribution is 2.29. The fraction of sp³-hybridized carbons (Fsp3) is 0.529. The van der Waals surface area contributed by atoms with E-state index in [0.29, 0.717) is 25.9 Å². The summed E-state index contributed by atoms with van der Waals surface area (Å²) < 4.78 is 24.2. The van der Waals surface area contributed by atoms with E-state index in [2.05, 4.69) is 16.0 Å². The summed E-state index contributed by atoms with van der Waals surface area (Å²) in [6.07, 6.45) is 0.986. The predicted molar refractivity (Wildman–Crippen MR) is 99.8 cm³/mol. The summed E-state index contributed by atoms with van der Waals surface area (Å²) in [6.45, 7) is 2.89. The van der Waals surface area contributed by atoms with Crippen molar-refractivity contribution in [2.24, 2.45) is 5.92 Å². The third-order valence-corrected chi connectivity index (χ3v) is 7.91. The van der Waals surface area contributed by atoms with Crippen LogP contribution in [0.3, 0.4) is 0 Å². The molecule has 1 aromatic carbocycles. The van der Waals surface area contributed by atoms with Crippen LogP contribution in [0.15, 0.2) is 24.3 Å². The number of rotatable bonds is 3. The summed E-state index contributed by atoms with van der Waals surface area (Å²) in [5.74, 6) is 0.492. The maximum absolute atomic E-state index is 12.4. The smallest absolute Gasteiger partial charge is 0.223 e. The average molecular weight is 380 g/mol. The van der Waals surface area contributed by atoms with Crippen LogP contribution in [0.1, 0.15) is 12.8 Å². The Morgan fingerprint density at radius 2 is 1.96 bits per heavy atom. The Morgan fingerprint density at radius 1 is 1.20 bits per heavy atom. The number of carbonyl (C=O) groups excluding carboxylic acids is 1. The molecule has 3 heterocycles. The number of fused-ring (bicyclic) bond motifs is 1. The molecule has 0 N–H and O–H groups in total. The second-order valence-corrected chi connectivity index (χ2v) is 10.0. The minimum absolute atomic E-state index is 0.000193. The van der Waals surface area contributed by atoms with Gasteiger partial charge < -0.3 is 9.80 Å². The minimum Gasteiger partial charge on any atom is -0.345 e. The van der Waals surface area contributed by atoms with Crippen molar-refractivity contribution in [3.05, 3.63) is 24.3 Å². The van der Waals surface area contributed by atoms with E-state index < -0.39 is 9.84 Å². The maximum atomic E-state index is 12.4. The van der Waals surface area contributed by atoms with Gasteiger partial charge in [0.1, 0.15) is 0 Å². The number of hydrogen-bond donors (Lipinski definition) is 0. The Labute approximate surface area is 151 Å². The highest BCUT2D eigenvalue weighted by molar-refractivity contribution is 7.91. The molecule has 2 saturated heterocycles. The Hall–Kier alpha value is -1.67. The van der Waals surface area contributed by atoms with E-state index in [0.717, 1.165) is 23.7 Å². The zero-order valence-electron chi connectivity index (χ0n) is 13.9. The van der Waals surface area contributed by atoms with Crippen LogP contribution in [0.25, 0.3) is 10.2 Å². The van der Waals surface area contributed by atoms with Crippen molar-refractivity contribution < 1.29 is 13.2 Å². The maximum Gasteiger partial charge on any atom is 0.223 e. The van der Waals surface area contributed by atoms with Gasteiger partial charge in [-0.15, -0.1) is 0 Å². The summed E-state index contributed by atoms with van der Waals surface area (Å²) >= 11 is 1.68. The van der Waals surface area contributed by atoms with Crippen molar-refractivity contribution in [2.45, 2.75) is 12.8 Å². The van der Waals surface area contributed by atoms with E-state index in [-0.39, 0.29) is 23.3 Å². The van der Waals surface area contributed by atoms with E-state index in [1.54, 1.807) is 11.3 Å². The van der Waals surface area contributed by atoms with Gasteiger partial charge in [-0.05, 0) is 24.5 Å². The van der Waals surface area contributed by atoms with Crippen molar-refractivity contribution >= 4 is 42.4 Å². The zero-order chi connectivity index (χ0) is 17.4. The van der Waals surface area contributed by atoms with Crippen LogP contribution >= 0.6 is 11.3 Å². The second kappa shape index (κ2) is 6.57. The highest BCUT2D eigenvalue weighted by atomic mass is 32.2. The zero-order valence-corrected chi connectivity index (χ0v) is 15.6. The van der Waals surface area contributed by atoms with Crippen molar-refractivity contribution in [3.63, 3.8) is 0 Å². The number of benzene rings is 1. The van der Waals surface area contributed by atoms with Crippen LogP contribution < -0.4 is 4.90 Å². The number of amides is 1. The fourth-order valence-corrected chi connectivity index (χ4v) is 6.43. The highest BCUT2D eigenvalue weighted by Gasteiger charge is 2.31. The van der Waals surface area contributed by atoms with Gasteiger partial charge in [-0.1, -0.05) is 23.5 Å². The molecule has 2 aromatic rings. The van der Waals surface area contributed by atoms with Gasteiger partial charge in [0.15, 0.2) is 15.0 Å². The largest absolute Gasteiger partial charge is 0.345 e. The molecule has 8 heteroatoms. The molecule has 0 aliphatic carbocycles. The summed E-state index contributed by atoms with van der Waals surface area (Å²) in [5, 5.41) is 1.01. The lowest BCUT2D eigenvalue weighted by molar-refractivity contribution is -0.132. The van der Waals surface area contributed by atoms with Gasteiger partial charge >= 0.3 is 0 Å². The molecule has 1 atom stereocenters. The Morgan fingerprint density at radius 3 is 2.64 bits per heavy atom. The molecule has 1 amide bonds. The lowest BCUT2D eigenvalue weighted by Crippen LogP contribution is -2.49. The van der Waals surface area contributed by atoms with Crippen molar-refractivity contribution in [1.29, 1.82) is 0 Å². The summed E-state index contributed by atoms with van der Waals surface area (Å²) in [4.78, 5) is 21.2. The predicted octanol–water partition coefficient (Wildman–Crippen LogP) is 1.77. The summed E-state index contributed by atoms with van der Waals surface area (Å²) in [7, 11) is -2.92.